The van der Waals surface area contributed by atoms with Gasteiger partial charge >= 0.3 is 0 Å². The number of Topliss-reactive ketones (excluding diaryl/α,β-unsaturated/α-hetero) is 4. The average Bonchev–Trinajstić information content (AvgIpc) is 2.68. The third-order valence-corrected chi connectivity index (χ3v) is 6.93. The zero-order chi connectivity index (χ0) is 22.3. The number of amides is 1. The highest BCUT2D eigenvalue weighted by Crippen LogP contribution is 2.54. The number of fused-ring (bicyclic) bond motifs is 3. The largest absolute Gasteiger partial charge is 0.505 e. The van der Waals surface area contributed by atoms with Crippen molar-refractivity contribution in [1.82, 2.24) is 0 Å². The van der Waals surface area contributed by atoms with E-state index in [0.717, 1.165) is 0 Å². The van der Waals surface area contributed by atoms with E-state index in [4.69, 9.17) is 11.5 Å². The van der Waals surface area contributed by atoms with Crippen molar-refractivity contribution in [2.24, 2.45) is 29.4 Å². The van der Waals surface area contributed by atoms with E-state index >= 15 is 0 Å². The summed E-state index contributed by atoms with van der Waals surface area (Å²) in [6.07, 6.45) is -2.17. The minimum Gasteiger partial charge on any atom is -0.505 e. The van der Waals surface area contributed by atoms with Gasteiger partial charge in [-0.15, -0.1) is 0 Å². The number of aromatic hydroxyl groups is 1. The predicted molar refractivity (Wildman–Crippen MR) is 99.0 cm³/mol. The Bertz CT molecular complexity index is 1050. The number of primary amides is 1. The van der Waals surface area contributed by atoms with Crippen LogP contribution >= 0.6 is 0 Å². The summed E-state index contributed by atoms with van der Waals surface area (Å²) in [4.78, 5) is 63.3. The number of phenolic OH excluding ortho intramolecular Hbond substituents is 1. The lowest BCUT2D eigenvalue weighted by atomic mass is 9.51. The lowest BCUT2D eigenvalue weighted by Gasteiger charge is -2.51. The van der Waals surface area contributed by atoms with E-state index in [1.165, 1.54) is 6.07 Å². The Labute approximate surface area is 169 Å². The van der Waals surface area contributed by atoms with Crippen molar-refractivity contribution in [3.8, 4) is 5.75 Å². The van der Waals surface area contributed by atoms with Crippen LogP contribution in [0.15, 0.2) is 12.1 Å². The van der Waals surface area contributed by atoms with Gasteiger partial charge in [0.1, 0.15) is 11.9 Å². The second-order valence-electron chi connectivity index (χ2n) is 8.28. The third-order valence-electron chi connectivity index (χ3n) is 6.93. The molecular formula is C20H20N2O8. The van der Waals surface area contributed by atoms with Crippen molar-refractivity contribution >= 4 is 34.7 Å². The van der Waals surface area contributed by atoms with Gasteiger partial charge in [0.25, 0.3) is 0 Å². The number of carbonyl (C=O) groups is 5. The fraction of sp³-hybridized carbons (Fsp3) is 0.450. The smallest absolute Gasteiger partial charge is 0.235 e. The molecule has 0 radical (unpaired) electrons. The molecule has 0 aromatic heterocycles. The molecule has 158 valence electrons. The summed E-state index contributed by atoms with van der Waals surface area (Å²) in [5.74, 6) is -13.0. The van der Waals surface area contributed by atoms with E-state index in [-0.39, 0.29) is 17.7 Å². The Morgan fingerprint density at radius 1 is 1.17 bits per heavy atom. The topological polar surface area (TPSA) is 198 Å². The van der Waals surface area contributed by atoms with Crippen LogP contribution in [0.25, 0.3) is 0 Å². The Morgan fingerprint density at radius 3 is 2.40 bits per heavy atom. The second kappa shape index (κ2) is 6.19. The molecule has 7 atom stereocenters. The molecule has 0 aliphatic heterocycles. The highest BCUT2D eigenvalue weighted by atomic mass is 16.3. The second-order valence-corrected chi connectivity index (χ2v) is 8.28. The van der Waals surface area contributed by atoms with E-state index in [0.29, 0.717) is 5.56 Å². The van der Waals surface area contributed by atoms with Gasteiger partial charge in [0, 0.05) is 5.92 Å². The number of hydrogen-bond acceptors (Lipinski definition) is 9. The summed E-state index contributed by atoms with van der Waals surface area (Å²) < 4.78 is 0. The third kappa shape index (κ3) is 2.23. The van der Waals surface area contributed by atoms with E-state index in [9.17, 15) is 39.3 Å². The number of rotatable bonds is 1. The first-order valence-electron chi connectivity index (χ1n) is 9.42. The van der Waals surface area contributed by atoms with Crippen molar-refractivity contribution in [1.29, 1.82) is 0 Å². The number of carbonyl (C=O) groups excluding carboxylic acids is 5. The first-order chi connectivity index (χ1) is 13.9. The number of anilines is 1. The van der Waals surface area contributed by atoms with E-state index < -0.39 is 76.1 Å². The molecule has 2 fully saturated rings. The number of hydrogen-bond donors (Lipinski definition) is 5. The van der Waals surface area contributed by atoms with Crippen LogP contribution in [0.5, 0.6) is 5.75 Å². The lowest BCUT2D eigenvalue weighted by Crippen LogP contribution is -2.72. The van der Waals surface area contributed by atoms with Crippen molar-refractivity contribution < 1.29 is 39.3 Å². The maximum Gasteiger partial charge on any atom is 0.235 e. The van der Waals surface area contributed by atoms with Crippen LogP contribution in [0.4, 0.5) is 5.69 Å². The number of phenols is 1. The average molecular weight is 416 g/mol. The van der Waals surface area contributed by atoms with Gasteiger partial charge in [-0.2, -0.15) is 0 Å². The van der Waals surface area contributed by atoms with Crippen LogP contribution in [0, 0.1) is 23.7 Å². The standard InChI is InChI=1S/C20H20N2O8/c1-5-6-2-3-9(21)14(24)10(6)15(25)11-7(5)4-8-13(23)16(26)12(19(22)29)18(28)20(8,30)17(11)27/h2-3,5,7-8,11-13,23-24,30H,4,21H2,1H3,(H2,22,29)/t5-,7+,8-,11?,12?,13+,20-/m0/s1. The first-order valence-corrected chi connectivity index (χ1v) is 9.42. The normalized spacial score (nSPS) is 38.0. The van der Waals surface area contributed by atoms with Crippen molar-refractivity contribution in [3.05, 3.63) is 23.3 Å². The van der Waals surface area contributed by atoms with Gasteiger partial charge in [-0.3, -0.25) is 24.0 Å². The number of aliphatic hydroxyl groups excluding tert-OH is 1. The van der Waals surface area contributed by atoms with Gasteiger partial charge in [0.2, 0.25) is 5.91 Å². The highest BCUT2D eigenvalue weighted by Gasteiger charge is 2.69. The molecule has 3 aliphatic rings. The molecule has 10 heteroatoms. The van der Waals surface area contributed by atoms with E-state index in [1.54, 1.807) is 13.0 Å². The Morgan fingerprint density at radius 2 is 1.80 bits per heavy atom. The van der Waals surface area contributed by atoms with Gasteiger partial charge in [0.05, 0.1) is 17.2 Å². The van der Waals surface area contributed by atoms with Crippen molar-refractivity contribution in [2.75, 3.05) is 5.73 Å². The highest BCUT2D eigenvalue weighted by molar-refractivity contribution is 6.32. The molecule has 2 unspecified atom stereocenters. The zero-order valence-electron chi connectivity index (χ0n) is 15.9. The molecule has 3 aliphatic carbocycles. The van der Waals surface area contributed by atoms with Crippen LogP contribution in [-0.2, 0) is 19.2 Å². The fourth-order valence-corrected chi connectivity index (χ4v) is 5.32. The summed E-state index contributed by atoms with van der Waals surface area (Å²) in [5.41, 5.74) is 8.05. The summed E-state index contributed by atoms with van der Waals surface area (Å²) in [5, 5.41) is 31.9. The molecule has 1 aromatic rings. The molecule has 0 spiro atoms. The molecule has 4 rings (SSSR count). The molecule has 1 amide bonds. The van der Waals surface area contributed by atoms with Crippen LogP contribution in [0.2, 0.25) is 0 Å². The SMILES string of the molecule is C[C@H]1c2ccc(N)c(O)c2C(=O)C2C(=O)[C@]3(O)C(=O)C(C(N)=O)C(=O)[C@H](O)[C@@H]3C[C@@H]21. The number of benzene rings is 1. The molecule has 7 N–H and O–H groups in total. The summed E-state index contributed by atoms with van der Waals surface area (Å²) in [6, 6.07) is 2.96. The first kappa shape index (κ1) is 20.2. The predicted octanol–water partition coefficient (Wildman–Crippen LogP) is -1.56. The van der Waals surface area contributed by atoms with Crippen molar-refractivity contribution in [3.63, 3.8) is 0 Å². The molecule has 10 nitrogen and oxygen atoms in total. The fourth-order valence-electron chi connectivity index (χ4n) is 5.32. The van der Waals surface area contributed by atoms with Gasteiger partial charge < -0.3 is 26.8 Å². The molecular weight excluding hydrogens is 396 g/mol. The molecule has 0 heterocycles. The minimum absolute atomic E-state index is 0.0730. The van der Waals surface area contributed by atoms with Crippen LogP contribution in [0.1, 0.15) is 35.2 Å². The van der Waals surface area contributed by atoms with Gasteiger partial charge in [-0.05, 0) is 29.9 Å². The molecule has 0 saturated heterocycles. The Hall–Kier alpha value is -3.11. The Balaban J connectivity index is 1.89. The maximum absolute atomic E-state index is 13.3. The molecule has 30 heavy (non-hydrogen) atoms. The lowest BCUT2D eigenvalue weighted by molar-refractivity contribution is -0.186. The minimum atomic E-state index is -2.92. The molecule has 2 saturated carbocycles. The van der Waals surface area contributed by atoms with E-state index in [2.05, 4.69) is 0 Å². The monoisotopic (exact) mass is 416 g/mol. The summed E-state index contributed by atoms with van der Waals surface area (Å²) >= 11 is 0. The van der Waals surface area contributed by atoms with Crippen LogP contribution in [0.3, 0.4) is 0 Å². The maximum atomic E-state index is 13.3. The van der Waals surface area contributed by atoms with E-state index in [1.807, 2.05) is 0 Å². The van der Waals surface area contributed by atoms with Crippen LogP contribution in [-0.4, -0.2) is 56.1 Å². The molecule has 0 bridgehead atoms. The number of ketones is 4. The quantitative estimate of drug-likeness (QED) is 0.204. The Kier molecular flexibility index (Phi) is 4.16. The number of nitrogen functional groups attached to an aromatic ring is 1. The van der Waals surface area contributed by atoms with Gasteiger partial charge in [-0.25, -0.2) is 0 Å². The van der Waals surface area contributed by atoms with Gasteiger partial charge in [0.15, 0.2) is 34.7 Å². The van der Waals surface area contributed by atoms with Crippen LogP contribution < -0.4 is 11.5 Å². The molecule has 1 aromatic carbocycles. The van der Waals surface area contributed by atoms with Crippen molar-refractivity contribution in [2.45, 2.75) is 31.0 Å². The van der Waals surface area contributed by atoms with Gasteiger partial charge in [-0.1, -0.05) is 13.0 Å². The summed E-state index contributed by atoms with van der Waals surface area (Å²) in [7, 11) is 0. The zero-order valence-corrected chi connectivity index (χ0v) is 15.9. The number of nitrogens with two attached hydrogens (primary N) is 2. The number of aliphatic hydroxyl groups is 2. The summed E-state index contributed by atoms with van der Waals surface area (Å²) in [6.45, 7) is 1.70.